The van der Waals surface area contributed by atoms with E-state index < -0.39 is 5.60 Å². The van der Waals surface area contributed by atoms with Crippen molar-refractivity contribution in [1.82, 2.24) is 14.8 Å². The number of nitrogens with zero attached hydrogens (tertiary/aromatic N) is 3. The number of pyridine rings is 1. The molecule has 0 unspecified atom stereocenters. The standard InChI is InChI=1S/C16H21N3O4/c1-13(20)18-5-7-22-12-16(10-18)11-19(6-8-23-16)15(21)14-3-2-4-17-9-14/h2-4,9H,5-8,10-12H2,1H3/t16-/m1/s1. The monoisotopic (exact) mass is 319 g/mol. The van der Waals surface area contributed by atoms with Crippen molar-refractivity contribution in [3.05, 3.63) is 30.1 Å². The van der Waals surface area contributed by atoms with Gasteiger partial charge >= 0.3 is 0 Å². The Kier molecular flexibility index (Phi) is 4.58. The third-order valence-electron chi connectivity index (χ3n) is 4.24. The first-order valence-electron chi connectivity index (χ1n) is 7.76. The molecule has 3 heterocycles. The third-order valence-corrected chi connectivity index (χ3v) is 4.24. The minimum Gasteiger partial charge on any atom is -0.376 e. The van der Waals surface area contributed by atoms with Crippen LogP contribution in [0.15, 0.2) is 24.5 Å². The summed E-state index contributed by atoms with van der Waals surface area (Å²) < 4.78 is 11.6. The average Bonchev–Trinajstić information content (AvgIpc) is 2.78. The van der Waals surface area contributed by atoms with Crippen molar-refractivity contribution in [2.45, 2.75) is 12.5 Å². The van der Waals surface area contributed by atoms with Gasteiger partial charge in [0.2, 0.25) is 5.91 Å². The van der Waals surface area contributed by atoms with E-state index in [0.29, 0.717) is 51.6 Å². The summed E-state index contributed by atoms with van der Waals surface area (Å²) in [5.74, 6) is -0.0754. The maximum atomic E-state index is 12.6. The van der Waals surface area contributed by atoms with Gasteiger partial charge in [-0.25, -0.2) is 0 Å². The van der Waals surface area contributed by atoms with E-state index in [0.717, 1.165) is 0 Å². The van der Waals surface area contributed by atoms with Gasteiger partial charge in [-0.05, 0) is 12.1 Å². The van der Waals surface area contributed by atoms with E-state index in [1.54, 1.807) is 41.2 Å². The van der Waals surface area contributed by atoms with E-state index in [2.05, 4.69) is 4.98 Å². The van der Waals surface area contributed by atoms with Crippen LogP contribution in [0.25, 0.3) is 0 Å². The van der Waals surface area contributed by atoms with Crippen molar-refractivity contribution >= 4 is 11.8 Å². The maximum Gasteiger partial charge on any atom is 0.255 e. The van der Waals surface area contributed by atoms with Gasteiger partial charge in [-0.15, -0.1) is 0 Å². The van der Waals surface area contributed by atoms with E-state index >= 15 is 0 Å². The molecule has 0 radical (unpaired) electrons. The Morgan fingerprint density at radius 2 is 2.00 bits per heavy atom. The summed E-state index contributed by atoms with van der Waals surface area (Å²) in [7, 11) is 0. The summed E-state index contributed by atoms with van der Waals surface area (Å²) in [6.07, 6.45) is 3.21. The van der Waals surface area contributed by atoms with Crippen LogP contribution in [0.4, 0.5) is 0 Å². The molecule has 7 nitrogen and oxygen atoms in total. The van der Waals surface area contributed by atoms with Crippen LogP contribution in [0.1, 0.15) is 17.3 Å². The molecule has 0 bridgehead atoms. The number of carbonyl (C=O) groups excluding carboxylic acids is 2. The van der Waals surface area contributed by atoms with Crippen LogP contribution in [-0.2, 0) is 14.3 Å². The molecule has 0 aromatic carbocycles. The summed E-state index contributed by atoms with van der Waals surface area (Å²) in [6.45, 7) is 4.77. The summed E-state index contributed by atoms with van der Waals surface area (Å²) in [5, 5.41) is 0. The lowest BCUT2D eigenvalue weighted by Crippen LogP contribution is -2.60. The normalized spacial score (nSPS) is 25.3. The quantitative estimate of drug-likeness (QED) is 0.738. The molecule has 2 aliphatic rings. The van der Waals surface area contributed by atoms with E-state index in [-0.39, 0.29) is 11.8 Å². The van der Waals surface area contributed by atoms with E-state index in [1.807, 2.05) is 0 Å². The fourth-order valence-electron chi connectivity index (χ4n) is 3.05. The Bertz CT molecular complexity index is 580. The number of aromatic nitrogens is 1. The van der Waals surface area contributed by atoms with Crippen molar-refractivity contribution in [2.24, 2.45) is 0 Å². The van der Waals surface area contributed by atoms with E-state index in [1.165, 1.54) is 0 Å². The fourth-order valence-corrected chi connectivity index (χ4v) is 3.05. The molecule has 0 saturated carbocycles. The Balaban J connectivity index is 1.76. The van der Waals surface area contributed by atoms with Gasteiger partial charge in [0.15, 0.2) is 0 Å². The van der Waals surface area contributed by atoms with Crippen molar-refractivity contribution in [3.63, 3.8) is 0 Å². The highest BCUT2D eigenvalue weighted by Crippen LogP contribution is 2.23. The van der Waals surface area contributed by atoms with Crippen LogP contribution in [0.5, 0.6) is 0 Å². The van der Waals surface area contributed by atoms with Crippen molar-refractivity contribution in [1.29, 1.82) is 0 Å². The van der Waals surface area contributed by atoms with Gasteiger partial charge in [-0.2, -0.15) is 0 Å². The molecular formula is C16H21N3O4. The molecule has 1 aromatic rings. The highest BCUT2D eigenvalue weighted by atomic mass is 16.5. The first kappa shape index (κ1) is 15.9. The highest BCUT2D eigenvalue weighted by molar-refractivity contribution is 5.94. The second-order valence-electron chi connectivity index (χ2n) is 5.99. The fraction of sp³-hybridized carbons (Fsp3) is 0.562. The minimum absolute atomic E-state index is 0.00538. The Labute approximate surface area is 135 Å². The molecule has 3 rings (SSSR count). The van der Waals surface area contributed by atoms with Crippen LogP contribution >= 0.6 is 0 Å². The molecular weight excluding hydrogens is 298 g/mol. The van der Waals surface area contributed by atoms with Gasteiger partial charge in [0, 0.05) is 32.4 Å². The predicted octanol–water partition coefficient (Wildman–Crippen LogP) is 0.172. The third kappa shape index (κ3) is 3.51. The summed E-state index contributed by atoms with van der Waals surface area (Å²) in [5.41, 5.74) is -0.0966. The molecule has 2 fully saturated rings. The largest absolute Gasteiger partial charge is 0.376 e. The molecule has 0 N–H and O–H groups in total. The molecule has 2 aliphatic heterocycles. The van der Waals surface area contributed by atoms with Gasteiger partial charge in [-0.1, -0.05) is 0 Å². The number of rotatable bonds is 1. The van der Waals surface area contributed by atoms with Crippen LogP contribution in [0.2, 0.25) is 0 Å². The zero-order valence-electron chi connectivity index (χ0n) is 13.2. The van der Waals surface area contributed by atoms with Gasteiger partial charge in [-0.3, -0.25) is 14.6 Å². The van der Waals surface area contributed by atoms with Crippen molar-refractivity contribution in [2.75, 3.05) is 46.0 Å². The number of hydrogen-bond donors (Lipinski definition) is 0. The number of carbonyl (C=O) groups is 2. The van der Waals surface area contributed by atoms with Crippen LogP contribution < -0.4 is 0 Å². The first-order chi connectivity index (χ1) is 11.1. The van der Waals surface area contributed by atoms with Crippen LogP contribution in [0.3, 0.4) is 0 Å². The van der Waals surface area contributed by atoms with Crippen LogP contribution in [-0.4, -0.2) is 78.2 Å². The number of hydrogen-bond acceptors (Lipinski definition) is 5. The summed E-state index contributed by atoms with van der Waals surface area (Å²) in [6, 6.07) is 3.50. The van der Waals surface area contributed by atoms with Crippen molar-refractivity contribution in [3.8, 4) is 0 Å². The zero-order valence-corrected chi connectivity index (χ0v) is 13.2. The smallest absolute Gasteiger partial charge is 0.255 e. The summed E-state index contributed by atoms with van der Waals surface area (Å²) in [4.78, 5) is 31.9. The van der Waals surface area contributed by atoms with E-state index in [9.17, 15) is 9.59 Å². The molecule has 1 atom stereocenters. The van der Waals surface area contributed by atoms with Gasteiger partial charge in [0.05, 0.1) is 38.5 Å². The molecule has 7 heteroatoms. The Morgan fingerprint density at radius 3 is 2.74 bits per heavy atom. The second-order valence-corrected chi connectivity index (χ2v) is 5.99. The molecule has 0 aliphatic carbocycles. The van der Waals surface area contributed by atoms with E-state index in [4.69, 9.17) is 9.47 Å². The highest BCUT2D eigenvalue weighted by Gasteiger charge is 2.42. The number of ether oxygens (including phenoxy) is 2. The lowest BCUT2D eigenvalue weighted by Gasteiger charge is -2.43. The lowest BCUT2D eigenvalue weighted by atomic mass is 10.0. The van der Waals surface area contributed by atoms with Crippen molar-refractivity contribution < 1.29 is 19.1 Å². The molecule has 2 amide bonds. The topological polar surface area (TPSA) is 72.0 Å². The molecule has 1 aromatic heterocycles. The lowest BCUT2D eigenvalue weighted by molar-refractivity contribution is -0.145. The summed E-state index contributed by atoms with van der Waals surface area (Å²) >= 11 is 0. The number of amides is 2. The zero-order chi connectivity index (χ0) is 16.3. The van der Waals surface area contributed by atoms with Gasteiger partial charge < -0.3 is 19.3 Å². The molecule has 23 heavy (non-hydrogen) atoms. The second kappa shape index (κ2) is 6.64. The average molecular weight is 319 g/mol. The van der Waals surface area contributed by atoms with Crippen LogP contribution in [0, 0.1) is 0 Å². The molecule has 1 spiro atoms. The minimum atomic E-state index is -0.654. The Hall–Kier alpha value is -1.99. The molecule has 2 saturated heterocycles. The van der Waals surface area contributed by atoms with Gasteiger partial charge in [0.25, 0.3) is 5.91 Å². The number of morpholine rings is 1. The maximum absolute atomic E-state index is 12.6. The molecule has 124 valence electrons. The SMILES string of the molecule is CC(=O)N1CCOC[C@@]2(C1)CN(C(=O)c1cccnc1)CCO2. The first-order valence-corrected chi connectivity index (χ1v) is 7.76. The predicted molar refractivity (Wildman–Crippen MR) is 81.9 cm³/mol. The Morgan fingerprint density at radius 1 is 1.22 bits per heavy atom. The van der Waals surface area contributed by atoms with Gasteiger partial charge in [0.1, 0.15) is 5.60 Å².